The largest absolute Gasteiger partial charge is 0.480 e. The fraction of sp³-hybridized carbons (Fsp3) is 0.286. The predicted molar refractivity (Wildman–Crippen MR) is 103 cm³/mol. The Hall–Kier alpha value is -2.14. The zero-order valence-electron chi connectivity index (χ0n) is 14.4. The van der Waals surface area contributed by atoms with Gasteiger partial charge in [-0.2, -0.15) is 0 Å². The van der Waals surface area contributed by atoms with E-state index in [2.05, 4.69) is 0 Å². The monoisotopic (exact) mass is 371 g/mol. The summed E-state index contributed by atoms with van der Waals surface area (Å²) in [4.78, 5) is 13.6. The first-order valence-electron chi connectivity index (χ1n) is 8.66. The molecule has 1 aliphatic rings. The van der Waals surface area contributed by atoms with E-state index in [1.165, 1.54) is 0 Å². The van der Waals surface area contributed by atoms with Gasteiger partial charge in [0, 0.05) is 18.1 Å². The van der Waals surface area contributed by atoms with Gasteiger partial charge in [0.25, 0.3) is 0 Å². The molecule has 0 amide bonds. The van der Waals surface area contributed by atoms with Crippen molar-refractivity contribution in [1.29, 1.82) is 0 Å². The van der Waals surface area contributed by atoms with Crippen LogP contribution in [0.1, 0.15) is 24.0 Å². The van der Waals surface area contributed by atoms with Gasteiger partial charge in [-0.05, 0) is 36.1 Å². The summed E-state index contributed by atoms with van der Waals surface area (Å²) in [5.74, 6) is -0.880. The highest BCUT2D eigenvalue weighted by molar-refractivity contribution is 6.30. The molecule has 5 heteroatoms. The smallest absolute Gasteiger partial charge is 0.324 e. The molecule has 1 atom stereocenters. The summed E-state index contributed by atoms with van der Waals surface area (Å²) >= 11 is 5.92. The van der Waals surface area contributed by atoms with Crippen LogP contribution in [0.5, 0.6) is 0 Å². The summed E-state index contributed by atoms with van der Waals surface area (Å²) in [7, 11) is 0. The van der Waals surface area contributed by atoms with Crippen molar-refractivity contribution in [2.75, 3.05) is 13.1 Å². The summed E-state index contributed by atoms with van der Waals surface area (Å²) in [6.45, 7) is 1.02. The fourth-order valence-electron chi connectivity index (χ4n) is 3.35. The zero-order chi connectivity index (χ0) is 18.6. The third kappa shape index (κ3) is 4.33. The molecular formula is C21H22ClNO3. The molecular weight excluding hydrogens is 350 g/mol. The molecule has 1 fully saturated rings. The summed E-state index contributed by atoms with van der Waals surface area (Å²) in [5.41, 5.74) is 0.856. The lowest BCUT2D eigenvalue weighted by molar-refractivity contribution is -0.143. The topological polar surface area (TPSA) is 60.8 Å². The Morgan fingerprint density at radius 2 is 1.69 bits per heavy atom. The first kappa shape index (κ1) is 18.6. The minimum atomic E-state index is -0.937. The summed E-state index contributed by atoms with van der Waals surface area (Å²) in [6, 6.07) is 16.1. The highest BCUT2D eigenvalue weighted by Crippen LogP contribution is 2.34. The van der Waals surface area contributed by atoms with Crippen molar-refractivity contribution in [3.8, 4) is 0 Å². The third-order valence-electron chi connectivity index (χ3n) is 4.92. The number of nitrogens with zero attached hydrogens (tertiary/aromatic N) is 1. The van der Waals surface area contributed by atoms with E-state index in [4.69, 9.17) is 11.6 Å². The van der Waals surface area contributed by atoms with E-state index >= 15 is 0 Å². The van der Waals surface area contributed by atoms with Gasteiger partial charge in [0.05, 0.1) is 5.60 Å². The number of hydrogen-bond acceptors (Lipinski definition) is 3. The van der Waals surface area contributed by atoms with Crippen LogP contribution < -0.4 is 0 Å². The molecule has 1 heterocycles. The highest BCUT2D eigenvalue weighted by atomic mass is 35.5. The van der Waals surface area contributed by atoms with E-state index in [1.807, 2.05) is 53.4 Å². The van der Waals surface area contributed by atoms with E-state index in [0.29, 0.717) is 31.0 Å². The van der Waals surface area contributed by atoms with Gasteiger partial charge in [0.2, 0.25) is 0 Å². The molecule has 1 saturated heterocycles. The van der Waals surface area contributed by atoms with Crippen molar-refractivity contribution in [1.82, 2.24) is 4.90 Å². The number of benzene rings is 2. The molecule has 0 saturated carbocycles. The number of piperidine rings is 1. The lowest BCUT2D eigenvalue weighted by Crippen LogP contribution is -2.49. The minimum absolute atomic E-state index is 0.484. The number of aliphatic carboxylic acids is 1. The second-order valence-electron chi connectivity index (χ2n) is 6.63. The first-order valence-corrected chi connectivity index (χ1v) is 9.04. The number of carboxylic acids is 1. The molecule has 2 aromatic rings. The van der Waals surface area contributed by atoms with Gasteiger partial charge in [-0.1, -0.05) is 66.2 Å². The van der Waals surface area contributed by atoms with Crippen LogP contribution in [-0.4, -0.2) is 40.2 Å². The van der Waals surface area contributed by atoms with Crippen molar-refractivity contribution in [2.24, 2.45) is 0 Å². The highest BCUT2D eigenvalue weighted by Gasteiger charge is 2.37. The maximum absolute atomic E-state index is 11.7. The molecule has 0 bridgehead atoms. The maximum atomic E-state index is 11.7. The minimum Gasteiger partial charge on any atom is -0.480 e. The Labute approximate surface area is 158 Å². The van der Waals surface area contributed by atoms with E-state index in [0.717, 1.165) is 11.1 Å². The Morgan fingerprint density at radius 1 is 1.08 bits per heavy atom. The van der Waals surface area contributed by atoms with Crippen molar-refractivity contribution < 1.29 is 15.0 Å². The third-order valence-corrected chi connectivity index (χ3v) is 5.18. The average Bonchev–Trinajstić information content (AvgIpc) is 2.64. The molecule has 26 heavy (non-hydrogen) atoms. The quantitative estimate of drug-likeness (QED) is 0.839. The molecule has 0 radical (unpaired) electrons. The van der Waals surface area contributed by atoms with E-state index in [-0.39, 0.29) is 0 Å². The van der Waals surface area contributed by atoms with Crippen LogP contribution in [0.3, 0.4) is 0 Å². The Balaban J connectivity index is 1.69. The molecule has 1 aliphatic heterocycles. The standard InChI is InChI=1S/C21H22ClNO3/c22-18-9-7-17(8-10-18)21(26)12-14-23(15-13-21)19(20(24)25)11-6-16-4-2-1-3-5-16/h1-11,19,26H,12-15H2,(H,24,25)/b11-6+. The maximum Gasteiger partial charge on any atom is 0.324 e. The van der Waals surface area contributed by atoms with Crippen LogP contribution in [0.2, 0.25) is 5.02 Å². The normalized spacial score (nSPS) is 18.7. The van der Waals surface area contributed by atoms with Crippen LogP contribution in [0, 0.1) is 0 Å². The van der Waals surface area contributed by atoms with Gasteiger partial charge >= 0.3 is 5.97 Å². The summed E-state index contributed by atoms with van der Waals surface area (Å²) < 4.78 is 0. The second-order valence-corrected chi connectivity index (χ2v) is 7.06. The Kier molecular flexibility index (Phi) is 5.77. The fourth-order valence-corrected chi connectivity index (χ4v) is 3.47. The van der Waals surface area contributed by atoms with Gasteiger partial charge < -0.3 is 10.2 Å². The van der Waals surface area contributed by atoms with Crippen LogP contribution in [0.25, 0.3) is 6.08 Å². The van der Waals surface area contributed by atoms with Crippen molar-refractivity contribution >= 4 is 23.6 Å². The zero-order valence-corrected chi connectivity index (χ0v) is 15.1. The second kappa shape index (κ2) is 8.04. The van der Waals surface area contributed by atoms with E-state index in [1.54, 1.807) is 18.2 Å². The van der Waals surface area contributed by atoms with E-state index in [9.17, 15) is 15.0 Å². The predicted octanol–water partition coefficient (Wildman–Crippen LogP) is 3.79. The van der Waals surface area contributed by atoms with Gasteiger partial charge in [0.15, 0.2) is 0 Å². The molecule has 0 aliphatic carbocycles. The Morgan fingerprint density at radius 3 is 2.27 bits per heavy atom. The van der Waals surface area contributed by atoms with Gasteiger partial charge in [-0.15, -0.1) is 0 Å². The summed E-state index contributed by atoms with van der Waals surface area (Å²) in [6.07, 6.45) is 4.51. The van der Waals surface area contributed by atoms with Crippen molar-refractivity contribution in [3.63, 3.8) is 0 Å². The first-order chi connectivity index (χ1) is 12.5. The molecule has 4 nitrogen and oxygen atoms in total. The van der Waals surface area contributed by atoms with Gasteiger partial charge in [-0.25, -0.2) is 0 Å². The van der Waals surface area contributed by atoms with Crippen molar-refractivity contribution in [3.05, 3.63) is 76.8 Å². The number of hydrogen-bond donors (Lipinski definition) is 2. The number of rotatable bonds is 5. The van der Waals surface area contributed by atoms with Gasteiger partial charge in [0.1, 0.15) is 6.04 Å². The molecule has 0 aromatic heterocycles. The van der Waals surface area contributed by atoms with Crippen LogP contribution in [0.4, 0.5) is 0 Å². The number of halogens is 1. The number of likely N-dealkylation sites (tertiary alicyclic amines) is 1. The SMILES string of the molecule is O=C(O)C(/C=C/c1ccccc1)N1CCC(O)(c2ccc(Cl)cc2)CC1. The van der Waals surface area contributed by atoms with E-state index < -0.39 is 17.6 Å². The number of aliphatic hydroxyl groups is 1. The summed E-state index contributed by atoms with van der Waals surface area (Å²) in [5, 5.41) is 21.2. The lowest BCUT2D eigenvalue weighted by Gasteiger charge is -2.40. The van der Waals surface area contributed by atoms with Crippen LogP contribution >= 0.6 is 11.6 Å². The van der Waals surface area contributed by atoms with Gasteiger partial charge in [-0.3, -0.25) is 9.69 Å². The Bertz CT molecular complexity index is 766. The number of carboxylic acid groups (broad SMARTS) is 1. The molecule has 136 valence electrons. The van der Waals surface area contributed by atoms with Crippen LogP contribution in [-0.2, 0) is 10.4 Å². The van der Waals surface area contributed by atoms with Crippen molar-refractivity contribution in [2.45, 2.75) is 24.5 Å². The average molecular weight is 372 g/mol. The van der Waals surface area contributed by atoms with Crippen LogP contribution in [0.15, 0.2) is 60.7 Å². The molecule has 0 spiro atoms. The lowest BCUT2D eigenvalue weighted by atomic mass is 9.84. The molecule has 2 N–H and O–H groups in total. The molecule has 2 aromatic carbocycles. The molecule has 1 unspecified atom stereocenters. The number of carbonyl (C=O) groups is 1. The molecule has 3 rings (SSSR count).